The zero-order chi connectivity index (χ0) is 12.1. The summed E-state index contributed by atoms with van der Waals surface area (Å²) in [7, 11) is 0. The first-order valence-corrected chi connectivity index (χ1v) is 4.40. The van der Waals surface area contributed by atoms with Crippen LogP contribution in [-0.4, -0.2) is 27.3 Å². The molecule has 0 aliphatic rings. The number of nitrogens with zero attached hydrogens (tertiary/aromatic N) is 1. The number of hydrogen-bond acceptors (Lipinski definition) is 5. The summed E-state index contributed by atoms with van der Waals surface area (Å²) in [4.78, 5) is 20.3. The van der Waals surface area contributed by atoms with E-state index in [9.17, 15) is 20.0 Å². The number of para-hydroxylation sites is 2. The molecule has 1 aromatic rings. The molecule has 7 heteroatoms. The second-order valence-corrected chi connectivity index (χ2v) is 3.03. The molecule has 1 unspecified atom stereocenters. The predicted molar refractivity (Wildman–Crippen MR) is 55.0 cm³/mol. The van der Waals surface area contributed by atoms with Crippen LogP contribution in [0.25, 0.3) is 0 Å². The highest BCUT2D eigenvalue weighted by atomic mass is 16.6. The third kappa shape index (κ3) is 3.21. The van der Waals surface area contributed by atoms with Crippen molar-refractivity contribution in [1.82, 2.24) is 0 Å². The Kier molecular flexibility index (Phi) is 3.78. The summed E-state index contributed by atoms with van der Waals surface area (Å²) in [5, 5.41) is 30.6. The van der Waals surface area contributed by atoms with E-state index in [4.69, 9.17) is 5.11 Å². The van der Waals surface area contributed by atoms with E-state index in [0.717, 1.165) is 0 Å². The zero-order valence-corrected chi connectivity index (χ0v) is 8.16. The molecule has 7 nitrogen and oxygen atoms in total. The van der Waals surface area contributed by atoms with Gasteiger partial charge in [0.2, 0.25) is 0 Å². The Morgan fingerprint density at radius 2 is 2.12 bits per heavy atom. The van der Waals surface area contributed by atoms with E-state index in [2.05, 4.69) is 5.32 Å². The number of carboxylic acid groups (broad SMARTS) is 1. The van der Waals surface area contributed by atoms with Crippen LogP contribution in [0.1, 0.15) is 6.42 Å². The maximum absolute atomic E-state index is 10.6. The number of carbonyl (C=O) groups is 1. The summed E-state index contributed by atoms with van der Waals surface area (Å²) >= 11 is 0. The minimum absolute atomic E-state index is 0.0845. The van der Waals surface area contributed by atoms with Crippen LogP contribution >= 0.6 is 0 Å². The highest BCUT2D eigenvalue weighted by Gasteiger charge is 2.16. The molecule has 1 aromatic carbocycles. The van der Waals surface area contributed by atoms with Gasteiger partial charge < -0.3 is 15.5 Å². The summed E-state index contributed by atoms with van der Waals surface area (Å²) in [6.07, 6.45) is -1.90. The molecule has 0 radical (unpaired) electrons. The predicted octanol–water partition coefficient (Wildman–Crippen LogP) is 0.800. The number of nitrogens with one attached hydrogen (secondary N) is 1. The molecule has 0 aromatic heterocycles. The van der Waals surface area contributed by atoms with Gasteiger partial charge in [0, 0.05) is 6.07 Å². The molecule has 3 N–H and O–H groups in total. The molecule has 16 heavy (non-hydrogen) atoms. The molecular formula is C9H10N2O5. The number of rotatable bonds is 5. The van der Waals surface area contributed by atoms with E-state index in [1.54, 1.807) is 6.07 Å². The highest BCUT2D eigenvalue weighted by molar-refractivity contribution is 5.69. The Labute approximate surface area is 90.5 Å². The SMILES string of the molecule is O=C(O)CC(O)Nc1ccccc1[N+](=O)[O-]. The van der Waals surface area contributed by atoms with Gasteiger partial charge >= 0.3 is 5.97 Å². The van der Waals surface area contributed by atoms with Crippen LogP contribution < -0.4 is 5.32 Å². The molecule has 0 fully saturated rings. The fourth-order valence-corrected chi connectivity index (χ4v) is 1.15. The van der Waals surface area contributed by atoms with Gasteiger partial charge in [-0.25, -0.2) is 0 Å². The number of nitro groups is 1. The molecule has 0 heterocycles. The minimum Gasteiger partial charge on any atom is -0.481 e. The second kappa shape index (κ2) is 5.08. The molecule has 0 saturated carbocycles. The summed E-state index contributed by atoms with van der Waals surface area (Å²) in [6, 6.07) is 5.68. The maximum Gasteiger partial charge on any atom is 0.307 e. The highest BCUT2D eigenvalue weighted by Crippen LogP contribution is 2.23. The lowest BCUT2D eigenvalue weighted by Gasteiger charge is -2.11. The number of anilines is 1. The zero-order valence-electron chi connectivity index (χ0n) is 8.16. The number of benzene rings is 1. The summed E-state index contributed by atoms with van der Waals surface area (Å²) < 4.78 is 0. The van der Waals surface area contributed by atoms with Gasteiger partial charge in [0.05, 0.1) is 11.3 Å². The Balaban J connectivity index is 2.80. The van der Waals surface area contributed by atoms with Crippen LogP contribution in [0.15, 0.2) is 24.3 Å². The van der Waals surface area contributed by atoms with Gasteiger partial charge in [0.15, 0.2) is 0 Å². The molecule has 0 spiro atoms. The molecule has 0 amide bonds. The fourth-order valence-electron chi connectivity index (χ4n) is 1.15. The lowest BCUT2D eigenvalue weighted by molar-refractivity contribution is -0.384. The minimum atomic E-state index is -1.36. The van der Waals surface area contributed by atoms with Crippen molar-refractivity contribution in [3.63, 3.8) is 0 Å². The Bertz CT molecular complexity index is 407. The number of carboxylic acids is 1. The van der Waals surface area contributed by atoms with Crippen molar-refractivity contribution in [3.05, 3.63) is 34.4 Å². The molecule has 0 aliphatic carbocycles. The van der Waals surface area contributed by atoms with E-state index in [1.807, 2.05) is 0 Å². The molecule has 0 aliphatic heterocycles. The van der Waals surface area contributed by atoms with Crippen LogP contribution in [0.5, 0.6) is 0 Å². The monoisotopic (exact) mass is 226 g/mol. The van der Waals surface area contributed by atoms with Crippen LogP contribution in [0.4, 0.5) is 11.4 Å². The van der Waals surface area contributed by atoms with E-state index in [1.165, 1.54) is 18.2 Å². The van der Waals surface area contributed by atoms with Crippen molar-refractivity contribution in [1.29, 1.82) is 0 Å². The third-order valence-electron chi connectivity index (χ3n) is 1.79. The van der Waals surface area contributed by atoms with Gasteiger partial charge in [0.25, 0.3) is 5.69 Å². The van der Waals surface area contributed by atoms with E-state index in [-0.39, 0.29) is 11.4 Å². The summed E-state index contributed by atoms with van der Waals surface area (Å²) in [6.45, 7) is 0. The number of nitro benzene ring substituents is 1. The Hall–Kier alpha value is -2.15. The molecule has 86 valence electrons. The smallest absolute Gasteiger partial charge is 0.307 e. The van der Waals surface area contributed by atoms with Gasteiger partial charge in [0.1, 0.15) is 11.9 Å². The largest absolute Gasteiger partial charge is 0.481 e. The lowest BCUT2D eigenvalue weighted by atomic mass is 10.2. The van der Waals surface area contributed by atoms with Gasteiger partial charge in [-0.2, -0.15) is 0 Å². The van der Waals surface area contributed by atoms with Crippen LogP contribution in [0, 0.1) is 10.1 Å². The van der Waals surface area contributed by atoms with Crippen molar-refractivity contribution in [3.8, 4) is 0 Å². The number of aliphatic hydroxyl groups excluding tert-OH is 1. The standard InChI is InChI=1S/C9H10N2O5/c12-8(5-9(13)14)10-6-3-1-2-4-7(6)11(15)16/h1-4,8,10,12H,5H2,(H,13,14). The maximum atomic E-state index is 10.6. The molecule has 1 rings (SSSR count). The topological polar surface area (TPSA) is 113 Å². The average molecular weight is 226 g/mol. The molecule has 0 bridgehead atoms. The number of hydrogen-bond donors (Lipinski definition) is 3. The second-order valence-electron chi connectivity index (χ2n) is 3.03. The number of aliphatic carboxylic acids is 1. The first-order chi connectivity index (χ1) is 7.50. The van der Waals surface area contributed by atoms with Crippen LogP contribution in [-0.2, 0) is 4.79 Å². The molecule has 1 atom stereocenters. The van der Waals surface area contributed by atoms with Crippen molar-refractivity contribution < 1.29 is 19.9 Å². The van der Waals surface area contributed by atoms with Gasteiger partial charge in [-0.3, -0.25) is 14.9 Å². The van der Waals surface area contributed by atoms with Gasteiger partial charge in [-0.15, -0.1) is 0 Å². The van der Waals surface area contributed by atoms with Crippen LogP contribution in [0.3, 0.4) is 0 Å². The van der Waals surface area contributed by atoms with Crippen molar-refractivity contribution in [2.45, 2.75) is 12.6 Å². The number of aliphatic hydroxyl groups is 1. The molecule has 0 saturated heterocycles. The normalized spacial score (nSPS) is 11.8. The van der Waals surface area contributed by atoms with E-state index in [0.29, 0.717) is 0 Å². The first-order valence-electron chi connectivity index (χ1n) is 4.40. The van der Waals surface area contributed by atoms with Crippen LogP contribution in [0.2, 0.25) is 0 Å². The van der Waals surface area contributed by atoms with E-state index >= 15 is 0 Å². The van der Waals surface area contributed by atoms with Crippen molar-refractivity contribution >= 4 is 17.3 Å². The Morgan fingerprint density at radius 3 is 2.69 bits per heavy atom. The summed E-state index contributed by atoms with van der Waals surface area (Å²) in [5.74, 6) is -1.20. The van der Waals surface area contributed by atoms with Crippen molar-refractivity contribution in [2.24, 2.45) is 0 Å². The molecular weight excluding hydrogens is 216 g/mol. The van der Waals surface area contributed by atoms with Gasteiger partial charge in [-0.1, -0.05) is 12.1 Å². The first kappa shape index (κ1) is 11.9. The average Bonchev–Trinajstić information content (AvgIpc) is 2.16. The third-order valence-corrected chi connectivity index (χ3v) is 1.79. The quantitative estimate of drug-likeness (QED) is 0.389. The lowest BCUT2D eigenvalue weighted by Crippen LogP contribution is -2.22. The van der Waals surface area contributed by atoms with Crippen molar-refractivity contribution in [2.75, 3.05) is 5.32 Å². The Morgan fingerprint density at radius 1 is 1.50 bits per heavy atom. The van der Waals surface area contributed by atoms with E-state index < -0.39 is 23.5 Å². The fraction of sp³-hybridized carbons (Fsp3) is 0.222. The summed E-state index contributed by atoms with van der Waals surface area (Å²) in [5.41, 5.74) is -0.131. The van der Waals surface area contributed by atoms with Gasteiger partial charge in [-0.05, 0) is 6.07 Å².